The number of aromatic amines is 1. The molecule has 1 aromatic heterocycles. The van der Waals surface area contributed by atoms with E-state index in [0.29, 0.717) is 23.4 Å². The zero-order valence-corrected chi connectivity index (χ0v) is 14.4. The molecule has 130 valence electrons. The Kier molecular flexibility index (Phi) is 5.03. The summed E-state index contributed by atoms with van der Waals surface area (Å²) in [5.41, 5.74) is 1.50. The number of hydrogen-bond acceptors (Lipinski definition) is 4. The van der Waals surface area contributed by atoms with Gasteiger partial charge in [-0.15, -0.1) is 0 Å². The van der Waals surface area contributed by atoms with Gasteiger partial charge in [-0.3, -0.25) is 14.3 Å². The van der Waals surface area contributed by atoms with Gasteiger partial charge in [0.05, 0.1) is 17.2 Å². The van der Waals surface area contributed by atoms with E-state index in [1.807, 2.05) is 12.1 Å². The molecule has 0 aliphatic carbocycles. The Morgan fingerprint density at radius 2 is 1.72 bits per heavy atom. The first kappa shape index (κ1) is 17.0. The average Bonchev–Trinajstić information content (AvgIpc) is 2.92. The lowest BCUT2D eigenvalue weighted by atomic mass is 10.0. The predicted molar refractivity (Wildman–Crippen MR) is 96.9 cm³/mol. The number of H-pyrrole nitrogens is 1. The summed E-state index contributed by atoms with van der Waals surface area (Å²) in [5.74, 6) is 0.652. The van der Waals surface area contributed by atoms with E-state index < -0.39 is 0 Å². The highest BCUT2D eigenvalue weighted by molar-refractivity contribution is 5.48. The van der Waals surface area contributed by atoms with Gasteiger partial charge < -0.3 is 4.90 Å². The zero-order chi connectivity index (χ0) is 17.8. The SMILES string of the molecule is Cn1c(=O)[nH]c(N2CCCCCC2)c(Cc2ccc(C#N)cc2)c1=O. The maximum Gasteiger partial charge on any atom is 0.329 e. The molecular weight excluding hydrogens is 316 g/mol. The van der Waals surface area contributed by atoms with Crippen LogP contribution in [0.1, 0.15) is 42.4 Å². The predicted octanol–water partition coefficient (Wildman–Crippen LogP) is 1.92. The summed E-state index contributed by atoms with van der Waals surface area (Å²) in [7, 11) is 1.50. The highest BCUT2D eigenvalue weighted by Gasteiger charge is 2.19. The summed E-state index contributed by atoms with van der Waals surface area (Å²) in [4.78, 5) is 29.9. The highest BCUT2D eigenvalue weighted by atomic mass is 16.2. The third-order valence-corrected chi connectivity index (χ3v) is 4.76. The lowest BCUT2D eigenvalue weighted by Gasteiger charge is -2.24. The normalized spacial score (nSPS) is 14.8. The molecule has 2 heterocycles. The highest BCUT2D eigenvalue weighted by Crippen LogP contribution is 2.21. The fourth-order valence-corrected chi connectivity index (χ4v) is 3.28. The number of benzene rings is 1. The fraction of sp³-hybridized carbons (Fsp3) is 0.421. The Morgan fingerprint density at radius 1 is 1.08 bits per heavy atom. The molecule has 0 saturated carbocycles. The van der Waals surface area contributed by atoms with Gasteiger partial charge in [0, 0.05) is 26.6 Å². The van der Waals surface area contributed by atoms with Crippen LogP contribution in [0.5, 0.6) is 0 Å². The summed E-state index contributed by atoms with van der Waals surface area (Å²) in [5, 5.41) is 8.92. The van der Waals surface area contributed by atoms with Gasteiger partial charge in [-0.25, -0.2) is 4.79 Å². The van der Waals surface area contributed by atoms with Gasteiger partial charge in [0.15, 0.2) is 0 Å². The van der Waals surface area contributed by atoms with Crippen LogP contribution in [0.25, 0.3) is 0 Å². The van der Waals surface area contributed by atoms with Crippen LogP contribution in [0.3, 0.4) is 0 Å². The number of nitrogens with one attached hydrogen (secondary N) is 1. The van der Waals surface area contributed by atoms with Crippen LogP contribution in [-0.2, 0) is 13.5 Å². The molecule has 25 heavy (non-hydrogen) atoms. The number of rotatable bonds is 3. The van der Waals surface area contributed by atoms with Gasteiger partial charge in [-0.1, -0.05) is 25.0 Å². The van der Waals surface area contributed by atoms with Crippen LogP contribution in [0, 0.1) is 11.3 Å². The van der Waals surface area contributed by atoms with E-state index >= 15 is 0 Å². The summed E-state index contributed by atoms with van der Waals surface area (Å²) in [6.07, 6.45) is 4.91. The van der Waals surface area contributed by atoms with E-state index in [1.54, 1.807) is 12.1 Å². The van der Waals surface area contributed by atoms with Crippen molar-refractivity contribution in [1.82, 2.24) is 9.55 Å². The van der Waals surface area contributed by atoms with Crippen LogP contribution in [-0.4, -0.2) is 22.6 Å². The molecular formula is C19H22N4O2. The Morgan fingerprint density at radius 3 is 2.32 bits per heavy atom. The van der Waals surface area contributed by atoms with Crippen molar-refractivity contribution in [2.24, 2.45) is 7.05 Å². The molecule has 0 atom stereocenters. The first-order valence-corrected chi connectivity index (χ1v) is 8.66. The Bertz CT molecular complexity index is 895. The van der Waals surface area contributed by atoms with Crippen LogP contribution >= 0.6 is 0 Å². The molecule has 1 fully saturated rings. The Balaban J connectivity index is 2.03. The van der Waals surface area contributed by atoms with Gasteiger partial charge in [0.2, 0.25) is 0 Å². The minimum absolute atomic E-state index is 0.257. The van der Waals surface area contributed by atoms with Gasteiger partial charge in [0.25, 0.3) is 5.56 Å². The minimum Gasteiger partial charge on any atom is -0.358 e. The third kappa shape index (κ3) is 3.66. The number of anilines is 1. The second-order valence-corrected chi connectivity index (χ2v) is 6.51. The Labute approximate surface area is 146 Å². The molecule has 1 aliphatic rings. The molecule has 0 radical (unpaired) electrons. The van der Waals surface area contributed by atoms with E-state index in [-0.39, 0.29) is 11.2 Å². The fourth-order valence-electron chi connectivity index (χ4n) is 3.28. The van der Waals surface area contributed by atoms with E-state index in [1.165, 1.54) is 19.9 Å². The molecule has 1 aromatic carbocycles. The van der Waals surface area contributed by atoms with E-state index in [0.717, 1.165) is 36.1 Å². The van der Waals surface area contributed by atoms with E-state index in [9.17, 15) is 9.59 Å². The van der Waals surface area contributed by atoms with Crippen LogP contribution in [0.15, 0.2) is 33.9 Å². The Hall–Kier alpha value is -2.81. The van der Waals surface area contributed by atoms with E-state index in [2.05, 4.69) is 16.0 Å². The van der Waals surface area contributed by atoms with Gasteiger partial charge in [-0.2, -0.15) is 5.26 Å². The molecule has 0 spiro atoms. The maximum absolute atomic E-state index is 12.7. The van der Waals surface area contributed by atoms with Crippen LogP contribution in [0.2, 0.25) is 0 Å². The summed E-state index contributed by atoms with van der Waals surface area (Å²) >= 11 is 0. The molecule has 6 nitrogen and oxygen atoms in total. The van der Waals surface area contributed by atoms with Gasteiger partial charge in [0.1, 0.15) is 5.82 Å². The van der Waals surface area contributed by atoms with Gasteiger partial charge >= 0.3 is 5.69 Å². The van der Waals surface area contributed by atoms with Crippen molar-refractivity contribution >= 4 is 5.82 Å². The molecule has 3 rings (SSSR count). The van der Waals surface area contributed by atoms with Crippen molar-refractivity contribution in [3.8, 4) is 6.07 Å². The lowest BCUT2D eigenvalue weighted by molar-refractivity contribution is 0.718. The van der Waals surface area contributed by atoms with E-state index in [4.69, 9.17) is 5.26 Å². The van der Waals surface area contributed by atoms with Crippen molar-refractivity contribution in [2.45, 2.75) is 32.1 Å². The topological polar surface area (TPSA) is 81.9 Å². The second kappa shape index (κ2) is 7.39. The quantitative estimate of drug-likeness (QED) is 0.927. The standard InChI is InChI=1S/C19H22N4O2/c1-22-18(24)16(12-14-6-8-15(13-20)9-7-14)17(21-19(22)25)23-10-4-2-3-5-11-23/h6-9H,2-5,10-12H2,1H3,(H,21,25). The van der Waals surface area contributed by atoms with Gasteiger partial charge in [-0.05, 0) is 30.5 Å². The first-order valence-electron chi connectivity index (χ1n) is 8.66. The molecule has 0 amide bonds. The second-order valence-electron chi connectivity index (χ2n) is 6.51. The van der Waals surface area contributed by atoms with Crippen molar-refractivity contribution in [3.63, 3.8) is 0 Å². The number of hydrogen-bond donors (Lipinski definition) is 1. The maximum atomic E-state index is 12.7. The molecule has 1 aliphatic heterocycles. The summed E-state index contributed by atoms with van der Waals surface area (Å²) < 4.78 is 1.13. The molecule has 6 heteroatoms. The molecule has 1 saturated heterocycles. The summed E-state index contributed by atoms with van der Waals surface area (Å²) in [6.45, 7) is 1.70. The van der Waals surface area contributed by atoms with Crippen LogP contribution < -0.4 is 16.1 Å². The van der Waals surface area contributed by atoms with Crippen molar-refractivity contribution < 1.29 is 0 Å². The van der Waals surface area contributed by atoms with Crippen LogP contribution in [0.4, 0.5) is 5.82 Å². The number of nitrogens with zero attached hydrogens (tertiary/aromatic N) is 3. The van der Waals surface area contributed by atoms with Crippen molar-refractivity contribution in [2.75, 3.05) is 18.0 Å². The van der Waals surface area contributed by atoms with Crippen molar-refractivity contribution in [1.29, 1.82) is 5.26 Å². The van der Waals surface area contributed by atoms with Crippen molar-refractivity contribution in [3.05, 3.63) is 61.8 Å². The minimum atomic E-state index is -0.382. The molecule has 1 N–H and O–H groups in total. The number of aromatic nitrogens is 2. The third-order valence-electron chi connectivity index (χ3n) is 4.76. The number of nitriles is 1. The lowest BCUT2D eigenvalue weighted by Crippen LogP contribution is -2.39. The molecule has 0 bridgehead atoms. The molecule has 0 unspecified atom stereocenters. The summed E-state index contributed by atoms with van der Waals surface area (Å²) in [6, 6.07) is 9.30. The molecule has 2 aromatic rings. The zero-order valence-electron chi connectivity index (χ0n) is 14.4. The first-order chi connectivity index (χ1) is 12.1. The smallest absolute Gasteiger partial charge is 0.329 e. The average molecular weight is 338 g/mol. The monoisotopic (exact) mass is 338 g/mol. The largest absolute Gasteiger partial charge is 0.358 e.